The summed E-state index contributed by atoms with van der Waals surface area (Å²) >= 11 is 1.48. The molecule has 6 rings (SSSR count). The number of nitrogens with zero attached hydrogens (tertiary/aromatic N) is 6. The van der Waals surface area contributed by atoms with Crippen molar-refractivity contribution >= 4 is 11.8 Å². The number of unbranched alkanes of at least 4 members (excludes halogenated alkanes) is 1. The van der Waals surface area contributed by atoms with Gasteiger partial charge in [0, 0.05) is 29.3 Å². The van der Waals surface area contributed by atoms with Crippen LogP contribution in [0.2, 0.25) is 0 Å². The number of hydrogen-bond donors (Lipinski definition) is 0. The molecule has 1 unspecified atom stereocenters. The third-order valence-electron chi connectivity index (χ3n) is 10.1. The molecule has 0 bridgehead atoms. The van der Waals surface area contributed by atoms with Crippen molar-refractivity contribution in [3.63, 3.8) is 0 Å². The number of aryl methyl sites for hydroxylation is 1. The van der Waals surface area contributed by atoms with Crippen LogP contribution >= 0.6 is 11.8 Å². The van der Waals surface area contributed by atoms with Gasteiger partial charge < -0.3 is 14.0 Å². The highest BCUT2D eigenvalue weighted by Gasteiger charge is 2.30. The molecule has 2 aliphatic carbocycles. The maximum Gasteiger partial charge on any atom is 0.416 e. The minimum absolute atomic E-state index is 0.180. The third-order valence-corrected chi connectivity index (χ3v) is 11.2. The van der Waals surface area contributed by atoms with E-state index in [1.807, 2.05) is 43.3 Å². The zero-order valence-electron chi connectivity index (χ0n) is 30.0. The number of aromatic nitrogens is 5. The fourth-order valence-electron chi connectivity index (χ4n) is 6.97. The van der Waals surface area contributed by atoms with Crippen molar-refractivity contribution in [1.82, 2.24) is 29.2 Å². The topological polar surface area (TPSA) is 68.8 Å². The maximum atomic E-state index is 14.1. The minimum Gasteiger partial charge on any atom is -0.316 e. The summed E-state index contributed by atoms with van der Waals surface area (Å²) in [4.78, 5) is 20.1. The van der Waals surface area contributed by atoms with Gasteiger partial charge in [-0.15, -0.1) is 10.2 Å². The lowest BCUT2D eigenvalue weighted by atomic mass is 9.97. The SMILES string of the molecule is CCN(CC)CCCCc1nnc(Cn2c(SCC3=C[C@H](C)C(F)C=C3)nc(=O)c3c2CCC3)n1Cc1ccc(-c2ccc(C(F)(F)F)cc2)cc1. The lowest BCUT2D eigenvalue weighted by molar-refractivity contribution is -0.137. The molecule has 0 amide bonds. The van der Waals surface area contributed by atoms with Crippen LogP contribution in [0.5, 0.6) is 0 Å². The van der Waals surface area contributed by atoms with Crippen LogP contribution in [-0.4, -0.2) is 60.8 Å². The van der Waals surface area contributed by atoms with E-state index in [2.05, 4.69) is 38.0 Å². The van der Waals surface area contributed by atoms with Gasteiger partial charge in [0.1, 0.15) is 12.0 Å². The highest BCUT2D eigenvalue weighted by molar-refractivity contribution is 7.99. The molecule has 0 N–H and O–H groups in total. The first kappa shape index (κ1) is 37.7. The number of alkyl halides is 4. The second kappa shape index (κ2) is 16.8. The van der Waals surface area contributed by atoms with Gasteiger partial charge in [0.15, 0.2) is 11.0 Å². The number of thioether (sulfide) groups is 1. The summed E-state index contributed by atoms with van der Waals surface area (Å²) < 4.78 is 57.7. The molecule has 276 valence electrons. The lowest BCUT2D eigenvalue weighted by Gasteiger charge is -2.19. The molecule has 4 aromatic rings. The van der Waals surface area contributed by atoms with Crippen LogP contribution in [0.4, 0.5) is 17.6 Å². The quantitative estimate of drug-likeness (QED) is 0.0530. The van der Waals surface area contributed by atoms with Gasteiger partial charge in [0.2, 0.25) is 0 Å². The summed E-state index contributed by atoms with van der Waals surface area (Å²) in [7, 11) is 0. The van der Waals surface area contributed by atoms with Crippen molar-refractivity contribution in [2.45, 2.75) is 89.9 Å². The number of halogens is 4. The Morgan fingerprint density at radius 2 is 1.60 bits per heavy atom. The molecule has 2 heterocycles. The molecule has 2 aromatic heterocycles. The summed E-state index contributed by atoms with van der Waals surface area (Å²) in [5.41, 5.74) is 4.45. The second-order valence-electron chi connectivity index (χ2n) is 13.6. The van der Waals surface area contributed by atoms with Crippen molar-refractivity contribution in [3.8, 4) is 11.1 Å². The average Bonchev–Trinajstić information content (AvgIpc) is 3.78. The predicted molar refractivity (Wildman–Crippen MR) is 198 cm³/mol. The molecule has 2 atom stereocenters. The van der Waals surface area contributed by atoms with E-state index in [1.54, 1.807) is 6.08 Å². The number of allylic oxidation sites excluding steroid dienone is 3. The zero-order valence-corrected chi connectivity index (χ0v) is 30.8. The van der Waals surface area contributed by atoms with E-state index in [9.17, 15) is 22.4 Å². The Morgan fingerprint density at radius 3 is 2.27 bits per heavy atom. The molecule has 2 aliphatic rings. The van der Waals surface area contributed by atoms with Crippen LogP contribution < -0.4 is 5.56 Å². The molecule has 0 saturated heterocycles. The monoisotopic (exact) mass is 734 g/mol. The molecule has 7 nitrogen and oxygen atoms in total. The molecular weight excluding hydrogens is 689 g/mol. The Balaban J connectivity index is 1.28. The fraction of sp³-hybridized carbons (Fsp3) is 0.450. The van der Waals surface area contributed by atoms with Crippen LogP contribution in [0.3, 0.4) is 0 Å². The smallest absolute Gasteiger partial charge is 0.316 e. The molecule has 0 aliphatic heterocycles. The summed E-state index contributed by atoms with van der Waals surface area (Å²) in [6.07, 6.45) is 5.10. The van der Waals surface area contributed by atoms with Crippen molar-refractivity contribution in [2.75, 3.05) is 25.4 Å². The van der Waals surface area contributed by atoms with Crippen molar-refractivity contribution in [3.05, 3.63) is 117 Å². The molecule has 0 spiro atoms. The van der Waals surface area contributed by atoms with Gasteiger partial charge in [-0.05, 0) is 92.2 Å². The molecular formula is C40H46F4N6OS. The Kier molecular flexibility index (Phi) is 12.2. The van der Waals surface area contributed by atoms with Gasteiger partial charge in [-0.2, -0.15) is 18.2 Å². The largest absolute Gasteiger partial charge is 0.416 e. The standard InChI is InChI=1S/C40H46F4N6OS/c1-4-48(5-2)22-7-6-11-36-46-47-37(50(36)24-28-12-15-30(16-13-28)31-17-19-32(20-18-31)40(42,43)44)25-49-35-10-8-9-33(35)38(51)45-39(49)52-26-29-14-21-34(41)27(3)23-29/h12-21,23,27,34H,4-11,22,24-26H2,1-3H3/t27-,34?/m0/s1. The molecule has 0 saturated carbocycles. The Labute approximate surface area is 306 Å². The highest BCUT2D eigenvalue weighted by atomic mass is 32.2. The third kappa shape index (κ3) is 8.94. The number of rotatable bonds is 15. The van der Waals surface area contributed by atoms with Crippen molar-refractivity contribution < 1.29 is 17.6 Å². The van der Waals surface area contributed by atoms with Gasteiger partial charge >= 0.3 is 6.18 Å². The number of fused-ring (bicyclic) bond motifs is 1. The normalized spacial score (nSPS) is 17.2. The van der Waals surface area contributed by atoms with E-state index in [-0.39, 0.29) is 11.5 Å². The summed E-state index contributed by atoms with van der Waals surface area (Å²) in [5.74, 6) is 2.00. The van der Waals surface area contributed by atoms with Crippen LogP contribution in [0.15, 0.2) is 82.3 Å². The lowest BCUT2D eigenvalue weighted by Crippen LogP contribution is -2.24. The summed E-state index contributed by atoms with van der Waals surface area (Å²) in [5, 5.41) is 10.0. The first-order chi connectivity index (χ1) is 25.0. The second-order valence-corrected chi connectivity index (χ2v) is 14.6. The van der Waals surface area contributed by atoms with E-state index in [4.69, 9.17) is 5.10 Å². The van der Waals surface area contributed by atoms with Crippen LogP contribution in [0.25, 0.3) is 11.1 Å². The minimum atomic E-state index is -4.38. The van der Waals surface area contributed by atoms with Crippen LogP contribution in [0, 0.1) is 5.92 Å². The highest BCUT2D eigenvalue weighted by Crippen LogP contribution is 2.32. The van der Waals surface area contributed by atoms with Gasteiger partial charge in [-0.3, -0.25) is 4.79 Å². The Morgan fingerprint density at radius 1 is 0.904 bits per heavy atom. The van der Waals surface area contributed by atoms with E-state index in [0.717, 1.165) is 103 Å². The van der Waals surface area contributed by atoms with Gasteiger partial charge in [0.05, 0.1) is 18.7 Å². The molecule has 2 aromatic carbocycles. The fourth-order valence-corrected chi connectivity index (χ4v) is 7.94. The predicted octanol–water partition coefficient (Wildman–Crippen LogP) is 8.33. The summed E-state index contributed by atoms with van der Waals surface area (Å²) in [6.45, 7) is 10.2. The van der Waals surface area contributed by atoms with E-state index in [1.165, 1.54) is 23.9 Å². The van der Waals surface area contributed by atoms with Crippen LogP contribution in [-0.2, 0) is 38.5 Å². The van der Waals surface area contributed by atoms with Crippen LogP contribution in [0.1, 0.15) is 74.1 Å². The number of benzene rings is 2. The van der Waals surface area contributed by atoms with Crippen molar-refractivity contribution in [1.29, 1.82) is 0 Å². The molecule has 0 fully saturated rings. The average molecular weight is 735 g/mol. The first-order valence-corrected chi connectivity index (χ1v) is 19.2. The zero-order chi connectivity index (χ0) is 36.8. The maximum absolute atomic E-state index is 14.1. The Bertz CT molecular complexity index is 1940. The van der Waals surface area contributed by atoms with Gasteiger partial charge in [-0.25, -0.2) is 4.39 Å². The Hall–Kier alpha value is -4.03. The first-order valence-electron chi connectivity index (χ1n) is 18.2. The van der Waals surface area contributed by atoms with E-state index >= 15 is 0 Å². The van der Waals surface area contributed by atoms with E-state index < -0.39 is 17.9 Å². The van der Waals surface area contributed by atoms with Gasteiger partial charge in [0.25, 0.3) is 5.56 Å². The van der Waals surface area contributed by atoms with Crippen molar-refractivity contribution in [2.24, 2.45) is 5.92 Å². The molecule has 0 radical (unpaired) electrons. The van der Waals surface area contributed by atoms with Gasteiger partial charge in [-0.1, -0.05) is 81.1 Å². The van der Waals surface area contributed by atoms with E-state index in [0.29, 0.717) is 36.0 Å². The number of hydrogen-bond acceptors (Lipinski definition) is 6. The molecule has 52 heavy (non-hydrogen) atoms. The summed E-state index contributed by atoms with van der Waals surface area (Å²) in [6, 6.07) is 13.1. The molecule has 12 heteroatoms.